The molecule has 7 atom stereocenters. The summed E-state index contributed by atoms with van der Waals surface area (Å²) in [7, 11) is 0. The number of hydrogen-bond acceptors (Lipinski definition) is 8. The van der Waals surface area contributed by atoms with Crippen LogP contribution in [0.15, 0.2) is 36.5 Å². The Balaban J connectivity index is 2.04. The number of allylic oxidation sites excluding steroid dienone is 5. The average Bonchev–Trinajstić information content (AvgIpc) is 3.09. The Morgan fingerprint density at radius 3 is 1.59 bits per heavy atom. The second kappa shape index (κ2) is 31.2. The van der Waals surface area contributed by atoms with Crippen molar-refractivity contribution in [3.05, 3.63) is 36.5 Å². The molecule has 0 aliphatic carbocycles. The minimum Gasteiger partial charge on any atom is -0.394 e. The largest absolute Gasteiger partial charge is 0.394 e. The second-order valence-electron chi connectivity index (χ2n) is 13.8. The summed E-state index contributed by atoms with van der Waals surface area (Å²) in [6.45, 7) is 2.81. The molecule has 1 aliphatic heterocycles. The summed E-state index contributed by atoms with van der Waals surface area (Å²) in [5.74, 6) is -0.368. The molecule has 49 heavy (non-hydrogen) atoms. The standard InChI is InChI=1S/C40H73NO8/c1-3-4-5-6-7-8-9-10-11-12-13-14-15-16-17-18-19-20-21-22-23-24-25-26-27-28-29-30-35(44)34(41-33(2)43)32-48-40-39(47)38(46)37(45)36(31-42)49-40/h21-22,25-26,29-30,34-40,42,44-47H,3-20,23-24,27-28,31-32H2,1-2H3,(H,41,43)/b22-21+,26-25+,30-29+. The second-order valence-corrected chi connectivity index (χ2v) is 13.8. The fraction of sp³-hybridized carbons (Fsp3) is 0.825. The van der Waals surface area contributed by atoms with Crippen molar-refractivity contribution in [1.29, 1.82) is 0 Å². The van der Waals surface area contributed by atoms with Gasteiger partial charge in [0.25, 0.3) is 0 Å². The summed E-state index contributed by atoms with van der Waals surface area (Å²) < 4.78 is 10.8. The van der Waals surface area contributed by atoms with E-state index in [0.717, 1.165) is 25.7 Å². The van der Waals surface area contributed by atoms with Crippen LogP contribution >= 0.6 is 0 Å². The average molecular weight is 696 g/mol. The van der Waals surface area contributed by atoms with Crippen LogP contribution in [0.5, 0.6) is 0 Å². The van der Waals surface area contributed by atoms with E-state index in [1.807, 2.05) is 6.08 Å². The molecule has 0 saturated carbocycles. The molecule has 0 aromatic rings. The zero-order valence-corrected chi connectivity index (χ0v) is 30.9. The molecule has 0 spiro atoms. The first-order chi connectivity index (χ1) is 23.8. The molecule has 1 saturated heterocycles. The molecule has 0 bridgehead atoms. The van der Waals surface area contributed by atoms with Gasteiger partial charge in [-0.05, 0) is 38.5 Å². The Morgan fingerprint density at radius 2 is 1.12 bits per heavy atom. The van der Waals surface area contributed by atoms with Crippen molar-refractivity contribution in [3.63, 3.8) is 0 Å². The normalized spacial score (nSPS) is 22.8. The number of carbonyl (C=O) groups excluding carboxylic acids is 1. The maximum atomic E-state index is 11.7. The van der Waals surface area contributed by atoms with Crippen LogP contribution in [0.3, 0.4) is 0 Å². The molecule has 1 fully saturated rings. The van der Waals surface area contributed by atoms with Gasteiger partial charge < -0.3 is 40.3 Å². The van der Waals surface area contributed by atoms with Gasteiger partial charge in [0.05, 0.1) is 25.4 Å². The first kappa shape index (κ1) is 45.4. The number of unbranched alkanes of at least 4 members (excludes halogenated alkanes) is 19. The molecule has 1 amide bonds. The van der Waals surface area contributed by atoms with Gasteiger partial charge in [-0.15, -0.1) is 0 Å². The fourth-order valence-electron chi connectivity index (χ4n) is 6.10. The van der Waals surface area contributed by atoms with E-state index in [9.17, 15) is 30.3 Å². The quantitative estimate of drug-likeness (QED) is 0.0338. The van der Waals surface area contributed by atoms with Gasteiger partial charge in [-0.1, -0.05) is 146 Å². The minimum atomic E-state index is -1.57. The first-order valence-electron chi connectivity index (χ1n) is 19.7. The van der Waals surface area contributed by atoms with E-state index in [1.54, 1.807) is 6.08 Å². The van der Waals surface area contributed by atoms with E-state index in [4.69, 9.17) is 9.47 Å². The minimum absolute atomic E-state index is 0.222. The predicted molar refractivity (Wildman–Crippen MR) is 198 cm³/mol. The van der Waals surface area contributed by atoms with Crippen LogP contribution in [0.25, 0.3) is 0 Å². The SMILES string of the molecule is CCCCCCCCCCCCCCCCCCC/C=C/CC/C=C/CC/C=C/C(O)C(COC1OC(CO)C(O)C(O)C1O)NC(C)=O. The molecule has 7 unspecified atom stereocenters. The number of aliphatic hydroxyl groups is 5. The molecule has 6 N–H and O–H groups in total. The van der Waals surface area contributed by atoms with E-state index in [1.165, 1.54) is 122 Å². The van der Waals surface area contributed by atoms with Gasteiger partial charge in [-0.3, -0.25) is 4.79 Å². The zero-order chi connectivity index (χ0) is 36.0. The third kappa shape index (κ3) is 23.5. The van der Waals surface area contributed by atoms with Crippen LogP contribution in [0, 0.1) is 0 Å². The van der Waals surface area contributed by atoms with Gasteiger partial charge in [0.15, 0.2) is 6.29 Å². The van der Waals surface area contributed by atoms with Crippen LogP contribution in [0.4, 0.5) is 0 Å². The van der Waals surface area contributed by atoms with Gasteiger partial charge in [0.1, 0.15) is 24.4 Å². The molecule has 286 valence electrons. The number of rotatable bonds is 31. The number of amides is 1. The molecular formula is C40H73NO8. The maximum Gasteiger partial charge on any atom is 0.217 e. The molecule has 1 heterocycles. The molecule has 0 radical (unpaired) electrons. The highest BCUT2D eigenvalue weighted by Crippen LogP contribution is 2.22. The fourth-order valence-corrected chi connectivity index (χ4v) is 6.10. The first-order valence-corrected chi connectivity index (χ1v) is 19.7. The molecule has 1 rings (SSSR count). The number of hydrogen-bond donors (Lipinski definition) is 6. The maximum absolute atomic E-state index is 11.7. The topological polar surface area (TPSA) is 149 Å². The number of aliphatic hydroxyl groups excluding tert-OH is 5. The van der Waals surface area contributed by atoms with Crippen LogP contribution in [-0.4, -0.2) is 87.5 Å². The summed E-state index contributed by atoms with van der Waals surface area (Å²) in [6, 6.07) is -0.826. The molecule has 1 aliphatic rings. The Labute approximate surface area is 298 Å². The Bertz CT molecular complexity index is 863. The molecular weight excluding hydrogens is 622 g/mol. The highest BCUT2D eigenvalue weighted by atomic mass is 16.7. The van der Waals surface area contributed by atoms with Crippen LogP contribution in [-0.2, 0) is 14.3 Å². The lowest BCUT2D eigenvalue weighted by atomic mass is 9.99. The van der Waals surface area contributed by atoms with E-state index in [-0.39, 0.29) is 12.5 Å². The number of nitrogens with one attached hydrogen (secondary N) is 1. The zero-order valence-electron chi connectivity index (χ0n) is 30.9. The monoisotopic (exact) mass is 696 g/mol. The lowest BCUT2D eigenvalue weighted by Gasteiger charge is -2.40. The molecule has 0 aromatic carbocycles. The third-order valence-corrected chi connectivity index (χ3v) is 9.23. The molecule has 9 nitrogen and oxygen atoms in total. The van der Waals surface area contributed by atoms with Crippen molar-refractivity contribution < 1.29 is 39.8 Å². The highest BCUT2D eigenvalue weighted by molar-refractivity contribution is 5.73. The Kier molecular flexibility index (Phi) is 28.9. The smallest absolute Gasteiger partial charge is 0.217 e. The van der Waals surface area contributed by atoms with Crippen molar-refractivity contribution in [3.8, 4) is 0 Å². The third-order valence-electron chi connectivity index (χ3n) is 9.23. The lowest BCUT2D eigenvalue weighted by molar-refractivity contribution is -0.302. The van der Waals surface area contributed by atoms with Crippen LogP contribution in [0.1, 0.15) is 155 Å². The summed E-state index contributed by atoms with van der Waals surface area (Å²) in [5.41, 5.74) is 0. The van der Waals surface area contributed by atoms with E-state index in [0.29, 0.717) is 0 Å². The summed E-state index contributed by atoms with van der Waals surface area (Å²) in [4.78, 5) is 11.7. The Morgan fingerprint density at radius 1 is 0.673 bits per heavy atom. The van der Waals surface area contributed by atoms with Crippen molar-refractivity contribution in [2.45, 2.75) is 198 Å². The van der Waals surface area contributed by atoms with Crippen LogP contribution < -0.4 is 5.32 Å². The predicted octanol–water partition coefficient (Wildman–Crippen LogP) is 6.94. The molecule has 0 aromatic heterocycles. The van der Waals surface area contributed by atoms with Crippen molar-refractivity contribution in [2.75, 3.05) is 13.2 Å². The Hall–Kier alpha value is -1.59. The highest BCUT2D eigenvalue weighted by Gasteiger charge is 2.44. The van der Waals surface area contributed by atoms with Crippen LogP contribution in [0.2, 0.25) is 0 Å². The van der Waals surface area contributed by atoms with Gasteiger partial charge in [0.2, 0.25) is 5.91 Å². The van der Waals surface area contributed by atoms with Crippen molar-refractivity contribution in [1.82, 2.24) is 5.32 Å². The van der Waals surface area contributed by atoms with Crippen molar-refractivity contribution >= 4 is 5.91 Å². The number of ether oxygens (including phenoxy) is 2. The van der Waals surface area contributed by atoms with Gasteiger partial charge in [-0.2, -0.15) is 0 Å². The van der Waals surface area contributed by atoms with Gasteiger partial charge >= 0.3 is 0 Å². The number of carbonyl (C=O) groups is 1. The summed E-state index contributed by atoms with van der Waals surface area (Å²) in [6.07, 6.45) is 32.8. The van der Waals surface area contributed by atoms with E-state index < -0.39 is 49.5 Å². The van der Waals surface area contributed by atoms with Gasteiger partial charge in [0, 0.05) is 6.92 Å². The van der Waals surface area contributed by atoms with Gasteiger partial charge in [-0.25, -0.2) is 0 Å². The molecule has 9 heteroatoms. The summed E-state index contributed by atoms with van der Waals surface area (Å²) in [5, 5.41) is 52.6. The lowest BCUT2D eigenvalue weighted by Crippen LogP contribution is -2.60. The van der Waals surface area contributed by atoms with Crippen molar-refractivity contribution in [2.24, 2.45) is 0 Å². The van der Waals surface area contributed by atoms with E-state index >= 15 is 0 Å². The van der Waals surface area contributed by atoms with E-state index in [2.05, 4.69) is 36.5 Å². The summed E-state index contributed by atoms with van der Waals surface area (Å²) >= 11 is 0.